The minimum absolute atomic E-state index is 0.00193. The monoisotopic (exact) mass is 401 g/mol. The normalized spacial score (nSPS) is 12.5. The van der Waals surface area contributed by atoms with Crippen LogP contribution < -0.4 is 10.5 Å². The lowest BCUT2D eigenvalue weighted by molar-refractivity contribution is 0.408. The van der Waals surface area contributed by atoms with Gasteiger partial charge in [-0.1, -0.05) is 23.7 Å². The van der Waals surface area contributed by atoms with E-state index in [1.807, 2.05) is 6.92 Å². The maximum atomic E-state index is 13.2. The molecule has 2 rings (SSSR count). The number of nitrogens with two attached hydrogens (primary N) is 1. The first-order chi connectivity index (χ1) is 11.6. The first kappa shape index (κ1) is 19.6. The van der Waals surface area contributed by atoms with E-state index in [2.05, 4.69) is 5.32 Å². The molecule has 0 aliphatic heterocycles. The molecule has 0 aliphatic rings. The fraction of sp³-hybridized carbons (Fsp3) is 0.188. The van der Waals surface area contributed by atoms with Gasteiger partial charge in [-0.2, -0.15) is 0 Å². The number of anilines is 1. The molecule has 0 fully saturated rings. The molecule has 0 unspecified atom stereocenters. The van der Waals surface area contributed by atoms with Crippen LogP contribution in [-0.2, 0) is 10.0 Å². The van der Waals surface area contributed by atoms with Crippen molar-refractivity contribution in [3.63, 3.8) is 0 Å². The number of nitrogens with zero attached hydrogens (tertiary/aromatic N) is 1. The van der Waals surface area contributed by atoms with Crippen LogP contribution in [0.3, 0.4) is 0 Å². The van der Waals surface area contributed by atoms with Crippen molar-refractivity contribution in [2.24, 2.45) is 5.14 Å². The Hall–Kier alpha value is -1.74. The highest BCUT2D eigenvalue weighted by molar-refractivity contribution is 7.89. The van der Waals surface area contributed by atoms with Gasteiger partial charge in [-0.05, 0) is 55.0 Å². The van der Waals surface area contributed by atoms with Crippen molar-refractivity contribution in [3.05, 3.63) is 58.9 Å². The highest BCUT2D eigenvalue weighted by atomic mass is 35.5. The number of rotatable bonds is 4. The maximum absolute atomic E-state index is 13.2. The van der Waals surface area contributed by atoms with Gasteiger partial charge in [-0.25, -0.2) is 17.9 Å². The third-order valence-corrected chi connectivity index (χ3v) is 5.37. The lowest BCUT2D eigenvalue weighted by Crippen LogP contribution is -2.33. The van der Waals surface area contributed by atoms with Crippen molar-refractivity contribution >= 4 is 44.6 Å². The van der Waals surface area contributed by atoms with Crippen LogP contribution in [0.1, 0.15) is 18.5 Å². The zero-order chi connectivity index (χ0) is 18.8. The molecule has 0 saturated heterocycles. The van der Waals surface area contributed by atoms with E-state index in [1.165, 1.54) is 30.3 Å². The van der Waals surface area contributed by atoms with Gasteiger partial charge in [0.25, 0.3) is 0 Å². The van der Waals surface area contributed by atoms with E-state index < -0.39 is 15.8 Å². The smallest absolute Gasteiger partial charge is 0.238 e. The molecule has 0 radical (unpaired) electrons. The summed E-state index contributed by atoms with van der Waals surface area (Å²) in [6.45, 7) is 1.91. The summed E-state index contributed by atoms with van der Waals surface area (Å²) in [6, 6.07) is 10.4. The van der Waals surface area contributed by atoms with Gasteiger partial charge in [0.1, 0.15) is 5.82 Å². The summed E-state index contributed by atoms with van der Waals surface area (Å²) in [7, 11) is -1.93. The van der Waals surface area contributed by atoms with Gasteiger partial charge >= 0.3 is 0 Å². The Bertz CT molecular complexity index is 889. The number of benzene rings is 2. The number of nitrogens with one attached hydrogen (secondary N) is 1. The van der Waals surface area contributed by atoms with Crippen LogP contribution in [-0.4, -0.2) is 25.5 Å². The zero-order valence-electron chi connectivity index (χ0n) is 13.5. The number of halogens is 2. The van der Waals surface area contributed by atoms with Gasteiger partial charge in [0.15, 0.2) is 5.11 Å². The van der Waals surface area contributed by atoms with Crippen LogP contribution >= 0.6 is 23.8 Å². The second kappa shape index (κ2) is 7.65. The Kier molecular flexibility index (Phi) is 5.99. The molecule has 2 aromatic carbocycles. The minimum Gasteiger partial charge on any atom is -0.345 e. The number of hydrogen-bond acceptors (Lipinski definition) is 3. The molecule has 0 aliphatic carbocycles. The summed E-state index contributed by atoms with van der Waals surface area (Å²) in [5, 5.41) is 8.49. The lowest BCUT2D eigenvalue weighted by Gasteiger charge is -2.28. The maximum Gasteiger partial charge on any atom is 0.238 e. The molecule has 134 valence electrons. The first-order valence-electron chi connectivity index (χ1n) is 7.21. The van der Waals surface area contributed by atoms with E-state index in [1.54, 1.807) is 24.1 Å². The van der Waals surface area contributed by atoms with E-state index >= 15 is 0 Å². The molecule has 0 spiro atoms. The van der Waals surface area contributed by atoms with E-state index in [9.17, 15) is 12.8 Å². The van der Waals surface area contributed by atoms with Crippen LogP contribution in [0.2, 0.25) is 5.02 Å². The van der Waals surface area contributed by atoms with E-state index in [0.717, 1.165) is 5.56 Å². The summed E-state index contributed by atoms with van der Waals surface area (Å²) in [6.07, 6.45) is 0. The third-order valence-electron chi connectivity index (χ3n) is 3.76. The Morgan fingerprint density at radius 3 is 2.40 bits per heavy atom. The Morgan fingerprint density at radius 2 is 1.88 bits per heavy atom. The van der Waals surface area contributed by atoms with Crippen molar-refractivity contribution < 1.29 is 12.8 Å². The van der Waals surface area contributed by atoms with E-state index in [4.69, 9.17) is 29.0 Å². The Balaban J connectivity index is 2.11. The summed E-state index contributed by atoms with van der Waals surface area (Å²) in [4.78, 5) is 1.84. The molecule has 0 aromatic heterocycles. The number of sulfonamides is 1. The average molecular weight is 402 g/mol. The average Bonchev–Trinajstić information content (AvgIpc) is 2.56. The van der Waals surface area contributed by atoms with Gasteiger partial charge in [-0.3, -0.25) is 0 Å². The van der Waals surface area contributed by atoms with Gasteiger partial charge in [-0.15, -0.1) is 0 Å². The first-order valence-corrected chi connectivity index (χ1v) is 9.54. The fourth-order valence-electron chi connectivity index (χ4n) is 2.12. The Morgan fingerprint density at radius 1 is 1.28 bits per heavy atom. The van der Waals surface area contributed by atoms with Crippen LogP contribution in [0.15, 0.2) is 47.4 Å². The van der Waals surface area contributed by atoms with Crippen LogP contribution in [0.5, 0.6) is 0 Å². The topological polar surface area (TPSA) is 75.4 Å². The molecule has 0 saturated carbocycles. The van der Waals surface area contributed by atoms with Crippen LogP contribution in [0.25, 0.3) is 0 Å². The van der Waals surface area contributed by atoms with Gasteiger partial charge < -0.3 is 10.2 Å². The quantitative estimate of drug-likeness (QED) is 0.766. The standard InChI is InChI=1S/C16H17ClFN3O2S2/c1-10(11-3-6-13(7-4-11)25(19,22)23)21(2)16(24)20-12-5-8-15(18)14(17)9-12/h3-10H,1-2H3,(H,20,24)(H2,19,22,23)/t10-/m0/s1. The largest absolute Gasteiger partial charge is 0.345 e. The molecule has 9 heteroatoms. The number of thiocarbonyl (C=S) groups is 1. The van der Waals surface area contributed by atoms with Gasteiger partial charge in [0.05, 0.1) is 16.0 Å². The van der Waals surface area contributed by atoms with E-state index in [-0.39, 0.29) is 16.0 Å². The van der Waals surface area contributed by atoms with Crippen LogP contribution in [0, 0.1) is 5.82 Å². The molecular weight excluding hydrogens is 385 g/mol. The second-order valence-corrected chi connectivity index (χ2v) is 7.82. The molecule has 0 bridgehead atoms. The molecule has 25 heavy (non-hydrogen) atoms. The van der Waals surface area contributed by atoms with Gasteiger partial charge in [0.2, 0.25) is 10.0 Å². The Labute approximate surface area is 156 Å². The summed E-state index contributed by atoms with van der Waals surface area (Å²) >= 11 is 11.1. The van der Waals surface area contributed by atoms with Crippen molar-refractivity contribution in [1.29, 1.82) is 0 Å². The fourth-order valence-corrected chi connectivity index (χ4v) is 3.09. The highest BCUT2D eigenvalue weighted by Gasteiger charge is 2.16. The summed E-state index contributed by atoms with van der Waals surface area (Å²) < 4.78 is 35.8. The second-order valence-electron chi connectivity index (χ2n) is 5.46. The van der Waals surface area contributed by atoms with Crippen molar-refractivity contribution in [3.8, 4) is 0 Å². The lowest BCUT2D eigenvalue weighted by atomic mass is 10.1. The number of primary sulfonamides is 1. The molecule has 0 heterocycles. The van der Waals surface area contributed by atoms with Crippen molar-refractivity contribution in [2.75, 3.05) is 12.4 Å². The van der Waals surface area contributed by atoms with E-state index in [0.29, 0.717) is 10.8 Å². The number of hydrogen-bond donors (Lipinski definition) is 2. The molecular formula is C16H17ClFN3O2S2. The summed E-state index contributed by atoms with van der Waals surface area (Å²) in [5.41, 5.74) is 1.43. The third kappa shape index (κ3) is 4.88. The predicted octanol–water partition coefficient (Wildman–Crippen LogP) is 3.52. The molecule has 0 amide bonds. The summed E-state index contributed by atoms with van der Waals surface area (Å²) in [5.74, 6) is -0.505. The SMILES string of the molecule is C[C@@H](c1ccc(S(N)(=O)=O)cc1)N(C)C(=S)Nc1ccc(F)c(Cl)c1. The molecule has 2 aromatic rings. The highest BCUT2D eigenvalue weighted by Crippen LogP contribution is 2.23. The van der Waals surface area contributed by atoms with Crippen LogP contribution in [0.4, 0.5) is 10.1 Å². The van der Waals surface area contributed by atoms with Crippen molar-refractivity contribution in [1.82, 2.24) is 4.90 Å². The molecule has 3 N–H and O–H groups in total. The minimum atomic E-state index is -3.73. The zero-order valence-corrected chi connectivity index (χ0v) is 15.9. The van der Waals surface area contributed by atoms with Crippen molar-refractivity contribution in [2.45, 2.75) is 17.9 Å². The molecule has 1 atom stereocenters. The van der Waals surface area contributed by atoms with Gasteiger partial charge in [0, 0.05) is 12.7 Å². The molecule has 5 nitrogen and oxygen atoms in total. The predicted molar refractivity (Wildman–Crippen MR) is 102 cm³/mol.